The molecule has 0 aromatic carbocycles. The third-order valence-electron chi connectivity index (χ3n) is 6.26. The Morgan fingerprint density at radius 2 is 1.75 bits per heavy atom. The van der Waals surface area contributed by atoms with E-state index in [-0.39, 0.29) is 30.1 Å². The van der Waals surface area contributed by atoms with E-state index in [9.17, 15) is 19.5 Å². The fourth-order valence-electron chi connectivity index (χ4n) is 4.55. The van der Waals surface area contributed by atoms with E-state index in [1.54, 1.807) is 6.92 Å². The van der Waals surface area contributed by atoms with E-state index in [1.165, 1.54) is 4.90 Å². The van der Waals surface area contributed by atoms with Gasteiger partial charge in [-0.2, -0.15) is 0 Å². The summed E-state index contributed by atoms with van der Waals surface area (Å²) in [6.07, 6.45) is 2.71. The Morgan fingerprint density at radius 3 is 2.36 bits per heavy atom. The maximum atomic E-state index is 12.7. The van der Waals surface area contributed by atoms with Crippen molar-refractivity contribution in [1.82, 2.24) is 9.80 Å². The molecule has 2 aliphatic rings. The van der Waals surface area contributed by atoms with Crippen LogP contribution in [0, 0.1) is 17.3 Å². The van der Waals surface area contributed by atoms with E-state index < -0.39 is 11.4 Å². The Morgan fingerprint density at radius 1 is 1.04 bits per heavy atom. The van der Waals surface area contributed by atoms with Gasteiger partial charge in [-0.1, -0.05) is 20.8 Å². The molecular weight excluding hydrogens is 358 g/mol. The molecule has 28 heavy (non-hydrogen) atoms. The molecule has 2 amide bonds. The molecule has 2 saturated heterocycles. The van der Waals surface area contributed by atoms with Crippen molar-refractivity contribution in [3.8, 4) is 0 Å². The van der Waals surface area contributed by atoms with Crippen LogP contribution >= 0.6 is 0 Å². The van der Waals surface area contributed by atoms with Crippen LogP contribution in [0.2, 0.25) is 0 Å². The number of rotatable bonds is 5. The van der Waals surface area contributed by atoms with Gasteiger partial charge in [0.15, 0.2) is 0 Å². The Kier molecular flexibility index (Phi) is 7.87. The van der Waals surface area contributed by atoms with Gasteiger partial charge in [-0.3, -0.25) is 9.59 Å². The first-order valence-corrected chi connectivity index (χ1v) is 10.7. The molecule has 7 heteroatoms. The average Bonchev–Trinajstić information content (AvgIpc) is 2.84. The molecule has 0 radical (unpaired) electrons. The lowest BCUT2D eigenvalue weighted by Gasteiger charge is -2.41. The number of hydrogen-bond acceptors (Lipinski definition) is 4. The summed E-state index contributed by atoms with van der Waals surface area (Å²) in [5.41, 5.74) is -0.419. The molecule has 0 aliphatic carbocycles. The second kappa shape index (κ2) is 9.72. The lowest BCUT2D eigenvalue weighted by Crippen LogP contribution is -3.12. The molecule has 2 aliphatic heterocycles. The fraction of sp³-hybridized carbons (Fsp3) is 0.857. The highest BCUT2D eigenvalue weighted by Crippen LogP contribution is 2.31. The summed E-state index contributed by atoms with van der Waals surface area (Å²) in [5, 5.41) is 11.2. The van der Waals surface area contributed by atoms with E-state index in [0.29, 0.717) is 13.1 Å². The zero-order valence-electron chi connectivity index (χ0n) is 18.0. The number of likely N-dealkylation sites (tertiary alicyclic amines) is 1. The van der Waals surface area contributed by atoms with Crippen molar-refractivity contribution in [3.05, 3.63) is 0 Å². The number of aliphatic carboxylic acids is 1. The molecule has 0 aromatic rings. The minimum absolute atomic E-state index is 0.0779. The zero-order valence-corrected chi connectivity index (χ0v) is 18.0. The van der Waals surface area contributed by atoms with E-state index in [1.807, 2.05) is 30.6 Å². The van der Waals surface area contributed by atoms with Gasteiger partial charge < -0.3 is 24.6 Å². The molecule has 0 saturated carbocycles. The number of carboxylic acid groups (broad SMARTS) is 1. The summed E-state index contributed by atoms with van der Waals surface area (Å²) < 4.78 is 0. The predicted molar refractivity (Wildman–Crippen MR) is 104 cm³/mol. The van der Waals surface area contributed by atoms with Crippen LogP contribution in [-0.2, 0) is 14.4 Å². The maximum absolute atomic E-state index is 12.7. The molecule has 7 nitrogen and oxygen atoms in total. The largest absolute Gasteiger partial charge is 0.550 e. The first kappa shape index (κ1) is 22.7. The molecular formula is C21H37N3O4. The number of nitrogens with one attached hydrogen (secondary N) is 1. The zero-order chi connectivity index (χ0) is 20.9. The summed E-state index contributed by atoms with van der Waals surface area (Å²) >= 11 is 0. The Bertz CT molecular complexity index is 572. The number of carbonyl (C=O) groups is 3. The molecule has 2 rings (SSSR count). The standard InChI is InChI=1S/C21H37N3O4/c1-16(25)23-9-5-8-22(12-13-23)10-6-18-15-24(20(28)21(2,3)4)11-7-17(18)14-19(26)27/h17-18H,5-15H2,1-4H3,(H,26,27)/t17-,18-/m0/s1. The van der Waals surface area contributed by atoms with Gasteiger partial charge in [-0.15, -0.1) is 0 Å². The summed E-state index contributed by atoms with van der Waals surface area (Å²) in [7, 11) is 0. The van der Waals surface area contributed by atoms with Crippen LogP contribution in [-0.4, -0.2) is 73.4 Å². The lowest BCUT2D eigenvalue weighted by molar-refractivity contribution is -0.898. The van der Waals surface area contributed by atoms with Gasteiger partial charge in [0.1, 0.15) is 0 Å². The van der Waals surface area contributed by atoms with Gasteiger partial charge in [0.2, 0.25) is 11.8 Å². The predicted octanol–water partition coefficient (Wildman–Crippen LogP) is -0.836. The maximum Gasteiger partial charge on any atom is 0.227 e. The molecule has 1 N–H and O–H groups in total. The van der Waals surface area contributed by atoms with Crippen molar-refractivity contribution in [2.24, 2.45) is 17.3 Å². The number of carbonyl (C=O) groups excluding carboxylic acids is 3. The monoisotopic (exact) mass is 395 g/mol. The van der Waals surface area contributed by atoms with Gasteiger partial charge in [0.05, 0.1) is 26.2 Å². The second-order valence-corrected chi connectivity index (χ2v) is 9.53. The number of hydrogen-bond donors (Lipinski definition) is 1. The van der Waals surface area contributed by atoms with Crippen molar-refractivity contribution in [2.45, 2.75) is 53.4 Å². The topological polar surface area (TPSA) is 85.2 Å². The van der Waals surface area contributed by atoms with E-state index in [0.717, 1.165) is 52.0 Å². The Balaban J connectivity index is 1.96. The third kappa shape index (κ3) is 6.47. The van der Waals surface area contributed by atoms with Crippen molar-refractivity contribution in [3.63, 3.8) is 0 Å². The van der Waals surface area contributed by atoms with Crippen molar-refractivity contribution >= 4 is 17.8 Å². The van der Waals surface area contributed by atoms with E-state index in [4.69, 9.17) is 0 Å². The molecule has 2 heterocycles. The molecule has 0 bridgehead atoms. The Labute approximate surface area is 169 Å². The Hall–Kier alpha value is -1.63. The van der Waals surface area contributed by atoms with Gasteiger partial charge >= 0.3 is 0 Å². The van der Waals surface area contributed by atoms with Crippen LogP contribution in [0.3, 0.4) is 0 Å². The highest BCUT2D eigenvalue weighted by Gasteiger charge is 2.35. The fourth-order valence-corrected chi connectivity index (χ4v) is 4.55. The number of quaternary nitrogens is 1. The number of piperidine rings is 1. The summed E-state index contributed by atoms with van der Waals surface area (Å²) in [5.74, 6) is -0.445. The molecule has 160 valence electrons. The van der Waals surface area contributed by atoms with Gasteiger partial charge in [-0.05, 0) is 24.7 Å². The van der Waals surface area contributed by atoms with Crippen LogP contribution in [0.15, 0.2) is 0 Å². The number of carboxylic acids is 1. The summed E-state index contributed by atoms with van der Waals surface area (Å²) in [4.78, 5) is 40.8. The SMILES string of the molecule is CC(=O)N1CCC[NH+](CC[C@H]2CN(C(=O)C(C)(C)C)CC[C@H]2CC(=O)[O-])CC1. The quantitative estimate of drug-likeness (QED) is 0.658. The van der Waals surface area contributed by atoms with Gasteiger partial charge in [0, 0.05) is 50.8 Å². The van der Waals surface area contributed by atoms with Crippen molar-refractivity contribution in [2.75, 3.05) is 45.8 Å². The van der Waals surface area contributed by atoms with Crippen LogP contribution in [0.1, 0.15) is 53.4 Å². The number of amides is 2. The first-order chi connectivity index (χ1) is 13.1. The minimum Gasteiger partial charge on any atom is -0.550 e. The third-order valence-corrected chi connectivity index (χ3v) is 6.26. The average molecular weight is 396 g/mol. The lowest BCUT2D eigenvalue weighted by atomic mass is 9.80. The van der Waals surface area contributed by atoms with Gasteiger partial charge in [0.25, 0.3) is 0 Å². The second-order valence-electron chi connectivity index (χ2n) is 9.53. The highest BCUT2D eigenvalue weighted by atomic mass is 16.4. The molecule has 0 spiro atoms. The summed E-state index contributed by atoms with van der Waals surface area (Å²) in [6, 6.07) is 0. The van der Waals surface area contributed by atoms with Crippen molar-refractivity contribution < 1.29 is 24.4 Å². The van der Waals surface area contributed by atoms with E-state index in [2.05, 4.69) is 0 Å². The highest BCUT2D eigenvalue weighted by molar-refractivity contribution is 5.81. The first-order valence-electron chi connectivity index (χ1n) is 10.7. The van der Waals surface area contributed by atoms with Crippen LogP contribution < -0.4 is 10.0 Å². The summed E-state index contributed by atoms with van der Waals surface area (Å²) in [6.45, 7) is 13.2. The molecule has 3 atom stereocenters. The normalized spacial score (nSPS) is 26.6. The van der Waals surface area contributed by atoms with Crippen LogP contribution in [0.25, 0.3) is 0 Å². The molecule has 1 unspecified atom stereocenters. The molecule has 2 fully saturated rings. The van der Waals surface area contributed by atoms with Crippen molar-refractivity contribution in [1.29, 1.82) is 0 Å². The number of nitrogens with zero attached hydrogens (tertiary/aromatic N) is 2. The molecule has 0 aromatic heterocycles. The van der Waals surface area contributed by atoms with Crippen LogP contribution in [0.5, 0.6) is 0 Å². The minimum atomic E-state index is -0.996. The van der Waals surface area contributed by atoms with E-state index >= 15 is 0 Å². The van der Waals surface area contributed by atoms with Gasteiger partial charge in [-0.25, -0.2) is 0 Å². The van der Waals surface area contributed by atoms with Crippen LogP contribution in [0.4, 0.5) is 0 Å². The smallest absolute Gasteiger partial charge is 0.227 e.